The summed E-state index contributed by atoms with van der Waals surface area (Å²) in [5.41, 5.74) is 3.84. The molecule has 122 valence electrons. The van der Waals surface area contributed by atoms with Crippen molar-refractivity contribution in [3.05, 3.63) is 41.2 Å². The highest BCUT2D eigenvalue weighted by molar-refractivity contribution is 5.93. The van der Waals surface area contributed by atoms with Crippen molar-refractivity contribution in [1.29, 1.82) is 0 Å². The van der Waals surface area contributed by atoms with Gasteiger partial charge in [-0.15, -0.1) is 0 Å². The number of aryl methyl sites for hydroxylation is 1. The van der Waals surface area contributed by atoms with Gasteiger partial charge < -0.3 is 15.4 Å². The number of carbonyl (C=O) groups is 1. The molecule has 1 saturated heterocycles. The number of nitrogens with one attached hydrogen (secondary N) is 3. The third-order valence-corrected chi connectivity index (χ3v) is 4.31. The summed E-state index contributed by atoms with van der Waals surface area (Å²) < 4.78 is 5.19. The average Bonchev–Trinajstić information content (AvgIpc) is 3.20. The molecule has 1 atom stereocenters. The van der Waals surface area contributed by atoms with Crippen LogP contribution in [0.15, 0.2) is 24.4 Å². The van der Waals surface area contributed by atoms with Crippen LogP contribution in [0.5, 0.6) is 5.75 Å². The zero-order valence-electron chi connectivity index (χ0n) is 13.5. The van der Waals surface area contributed by atoms with E-state index in [4.69, 9.17) is 4.74 Å². The summed E-state index contributed by atoms with van der Waals surface area (Å²) in [5.74, 6) is 1.15. The van der Waals surface area contributed by atoms with Gasteiger partial charge in [-0.3, -0.25) is 9.89 Å². The van der Waals surface area contributed by atoms with Crippen molar-refractivity contribution >= 4 is 11.6 Å². The summed E-state index contributed by atoms with van der Waals surface area (Å²) in [6.45, 7) is 3.91. The molecule has 23 heavy (non-hydrogen) atoms. The standard InChI is InChI=1S/C17H22N4O2/c1-11-7-14(23-2)4-3-12(11)8-16(22)20-15-10-19-21-17(15)13-5-6-18-9-13/h3-4,7,10,13,18H,5-6,8-9H2,1-2H3,(H,19,21)(H,20,22). The number of ether oxygens (including phenoxy) is 1. The number of anilines is 1. The first-order valence-electron chi connectivity index (χ1n) is 7.84. The largest absolute Gasteiger partial charge is 0.497 e. The van der Waals surface area contributed by atoms with Crippen molar-refractivity contribution in [1.82, 2.24) is 15.5 Å². The van der Waals surface area contributed by atoms with Gasteiger partial charge in [0.15, 0.2) is 0 Å². The van der Waals surface area contributed by atoms with Crippen molar-refractivity contribution in [2.45, 2.75) is 25.7 Å². The SMILES string of the molecule is COc1ccc(CC(=O)Nc2cn[nH]c2C2CCNC2)c(C)c1. The second-order valence-electron chi connectivity index (χ2n) is 5.90. The maximum atomic E-state index is 12.4. The Morgan fingerprint density at radius 3 is 3.04 bits per heavy atom. The van der Waals surface area contributed by atoms with Gasteiger partial charge in [-0.25, -0.2) is 0 Å². The molecule has 1 amide bonds. The van der Waals surface area contributed by atoms with Gasteiger partial charge in [-0.05, 0) is 43.1 Å². The van der Waals surface area contributed by atoms with Crippen LogP contribution in [0.25, 0.3) is 0 Å². The minimum absolute atomic E-state index is 0.0353. The molecule has 6 nitrogen and oxygen atoms in total. The van der Waals surface area contributed by atoms with E-state index in [1.54, 1.807) is 13.3 Å². The van der Waals surface area contributed by atoms with Crippen LogP contribution < -0.4 is 15.4 Å². The Bertz CT molecular complexity index is 690. The molecule has 0 radical (unpaired) electrons. The first-order chi connectivity index (χ1) is 11.2. The fraction of sp³-hybridized carbons (Fsp3) is 0.412. The average molecular weight is 314 g/mol. The lowest BCUT2D eigenvalue weighted by molar-refractivity contribution is -0.115. The molecule has 1 fully saturated rings. The van der Waals surface area contributed by atoms with E-state index < -0.39 is 0 Å². The zero-order valence-corrected chi connectivity index (χ0v) is 13.5. The van der Waals surface area contributed by atoms with E-state index in [1.807, 2.05) is 25.1 Å². The molecule has 0 aliphatic carbocycles. The fourth-order valence-corrected chi connectivity index (χ4v) is 2.97. The number of carbonyl (C=O) groups excluding carboxylic acids is 1. The van der Waals surface area contributed by atoms with Crippen LogP contribution >= 0.6 is 0 Å². The number of rotatable bonds is 5. The Labute approximate surface area is 135 Å². The predicted octanol–water partition coefficient (Wildman–Crippen LogP) is 1.98. The number of amides is 1. The highest BCUT2D eigenvalue weighted by Gasteiger charge is 2.22. The number of benzene rings is 1. The van der Waals surface area contributed by atoms with Crippen LogP contribution in [-0.4, -0.2) is 36.3 Å². The maximum Gasteiger partial charge on any atom is 0.228 e. The maximum absolute atomic E-state index is 12.4. The lowest BCUT2D eigenvalue weighted by Crippen LogP contribution is -2.17. The Morgan fingerprint density at radius 2 is 2.35 bits per heavy atom. The highest BCUT2D eigenvalue weighted by atomic mass is 16.5. The molecule has 2 heterocycles. The number of hydrogen-bond acceptors (Lipinski definition) is 4. The van der Waals surface area contributed by atoms with E-state index in [1.165, 1.54) is 0 Å². The number of aromatic amines is 1. The van der Waals surface area contributed by atoms with E-state index in [-0.39, 0.29) is 5.91 Å². The van der Waals surface area contributed by atoms with Crippen molar-refractivity contribution in [2.75, 3.05) is 25.5 Å². The van der Waals surface area contributed by atoms with Crippen molar-refractivity contribution in [3.63, 3.8) is 0 Å². The molecule has 0 spiro atoms. The van der Waals surface area contributed by atoms with Crippen LogP contribution in [-0.2, 0) is 11.2 Å². The van der Waals surface area contributed by atoms with Gasteiger partial charge in [0.25, 0.3) is 0 Å². The van der Waals surface area contributed by atoms with Gasteiger partial charge in [0.2, 0.25) is 5.91 Å². The topological polar surface area (TPSA) is 79.0 Å². The molecular formula is C17H22N4O2. The summed E-state index contributed by atoms with van der Waals surface area (Å²) in [7, 11) is 1.64. The Kier molecular flexibility index (Phi) is 4.62. The normalized spacial score (nSPS) is 17.2. The number of nitrogens with zero attached hydrogens (tertiary/aromatic N) is 1. The molecule has 6 heteroatoms. The molecule has 0 bridgehead atoms. The van der Waals surface area contributed by atoms with Crippen LogP contribution in [0, 0.1) is 6.92 Å². The molecule has 1 aromatic heterocycles. The van der Waals surface area contributed by atoms with E-state index in [9.17, 15) is 4.79 Å². The highest BCUT2D eigenvalue weighted by Crippen LogP contribution is 2.27. The quantitative estimate of drug-likeness (QED) is 0.788. The summed E-state index contributed by atoms with van der Waals surface area (Å²) in [6.07, 6.45) is 3.08. The molecule has 1 aromatic carbocycles. The van der Waals surface area contributed by atoms with Crippen LogP contribution in [0.1, 0.15) is 29.2 Å². The smallest absolute Gasteiger partial charge is 0.228 e. The summed E-state index contributed by atoms with van der Waals surface area (Å²) >= 11 is 0. The molecule has 0 saturated carbocycles. The Balaban J connectivity index is 1.67. The minimum atomic E-state index is -0.0353. The van der Waals surface area contributed by atoms with E-state index in [0.717, 1.165) is 47.8 Å². The number of methoxy groups -OCH3 is 1. The monoisotopic (exact) mass is 314 g/mol. The van der Waals surface area contributed by atoms with Crippen LogP contribution in [0.2, 0.25) is 0 Å². The second kappa shape index (κ2) is 6.83. The van der Waals surface area contributed by atoms with Gasteiger partial charge in [-0.2, -0.15) is 5.10 Å². The summed E-state index contributed by atoms with van der Waals surface area (Å²) in [4.78, 5) is 12.4. The van der Waals surface area contributed by atoms with Gasteiger partial charge in [0.1, 0.15) is 5.75 Å². The molecular weight excluding hydrogens is 292 g/mol. The number of hydrogen-bond donors (Lipinski definition) is 3. The summed E-state index contributed by atoms with van der Waals surface area (Å²) in [5, 5.41) is 13.4. The molecule has 2 aromatic rings. The van der Waals surface area contributed by atoms with Crippen molar-refractivity contribution < 1.29 is 9.53 Å². The van der Waals surface area contributed by atoms with E-state index in [0.29, 0.717) is 12.3 Å². The molecule has 3 N–H and O–H groups in total. The Morgan fingerprint density at radius 1 is 1.48 bits per heavy atom. The first-order valence-corrected chi connectivity index (χ1v) is 7.84. The lowest BCUT2D eigenvalue weighted by Gasteiger charge is -2.11. The lowest BCUT2D eigenvalue weighted by atomic mass is 10.0. The van der Waals surface area contributed by atoms with Crippen LogP contribution in [0.4, 0.5) is 5.69 Å². The predicted molar refractivity (Wildman–Crippen MR) is 88.9 cm³/mol. The zero-order chi connectivity index (χ0) is 16.2. The number of H-pyrrole nitrogens is 1. The Hall–Kier alpha value is -2.34. The second-order valence-corrected chi connectivity index (χ2v) is 5.90. The third kappa shape index (κ3) is 3.53. The molecule has 1 aliphatic heterocycles. The first kappa shape index (κ1) is 15.6. The van der Waals surface area contributed by atoms with Crippen molar-refractivity contribution in [2.24, 2.45) is 0 Å². The van der Waals surface area contributed by atoms with Crippen molar-refractivity contribution in [3.8, 4) is 5.75 Å². The van der Waals surface area contributed by atoms with E-state index >= 15 is 0 Å². The molecule has 3 rings (SSSR count). The van der Waals surface area contributed by atoms with Gasteiger partial charge in [-0.1, -0.05) is 6.07 Å². The molecule has 1 unspecified atom stereocenters. The minimum Gasteiger partial charge on any atom is -0.497 e. The van der Waals surface area contributed by atoms with Crippen LogP contribution in [0.3, 0.4) is 0 Å². The molecule has 1 aliphatic rings. The third-order valence-electron chi connectivity index (χ3n) is 4.31. The van der Waals surface area contributed by atoms with Gasteiger partial charge in [0, 0.05) is 12.5 Å². The number of aromatic nitrogens is 2. The van der Waals surface area contributed by atoms with E-state index in [2.05, 4.69) is 20.8 Å². The summed E-state index contributed by atoms with van der Waals surface area (Å²) in [6, 6.07) is 5.75. The van der Waals surface area contributed by atoms with Gasteiger partial charge >= 0.3 is 0 Å². The van der Waals surface area contributed by atoms with Gasteiger partial charge in [0.05, 0.1) is 31.1 Å². The fourth-order valence-electron chi connectivity index (χ4n) is 2.97.